The Balaban J connectivity index is 2.27. The van der Waals surface area contributed by atoms with Crippen molar-refractivity contribution in [2.75, 3.05) is 6.54 Å². The number of rotatable bonds is 5. The third-order valence-electron chi connectivity index (χ3n) is 3.34. The van der Waals surface area contributed by atoms with Crippen LogP contribution in [0.5, 0.6) is 0 Å². The molecule has 2 rings (SSSR count). The molecule has 1 unspecified atom stereocenters. The minimum atomic E-state index is 0.219. The summed E-state index contributed by atoms with van der Waals surface area (Å²) >= 11 is 9.76. The van der Waals surface area contributed by atoms with Crippen LogP contribution in [-0.4, -0.2) is 6.54 Å². The zero-order valence-corrected chi connectivity index (χ0v) is 14.3. The van der Waals surface area contributed by atoms with E-state index in [0.717, 1.165) is 39.5 Å². The molecule has 4 heteroatoms. The second kappa shape index (κ2) is 6.79. The van der Waals surface area contributed by atoms with E-state index in [9.17, 15) is 0 Å². The van der Waals surface area contributed by atoms with Crippen molar-refractivity contribution in [3.8, 4) is 0 Å². The van der Waals surface area contributed by atoms with Crippen molar-refractivity contribution in [3.63, 3.8) is 0 Å². The molecule has 0 aliphatic heterocycles. The van der Waals surface area contributed by atoms with Crippen molar-refractivity contribution in [1.29, 1.82) is 0 Å². The van der Waals surface area contributed by atoms with Gasteiger partial charge in [0, 0.05) is 21.1 Å². The molecule has 0 saturated heterocycles. The summed E-state index contributed by atoms with van der Waals surface area (Å²) in [5, 5.41) is 4.30. The lowest BCUT2D eigenvalue weighted by molar-refractivity contribution is 0.484. The Bertz CT molecular complexity index is 594. The molecule has 0 bridgehead atoms. The molecule has 0 radical (unpaired) electrons. The number of hydrogen-bond donors (Lipinski definition) is 1. The molecular weight excluding hydrogens is 338 g/mol. The molecule has 1 aromatic carbocycles. The smallest absolute Gasteiger partial charge is 0.105 e. The van der Waals surface area contributed by atoms with Gasteiger partial charge >= 0.3 is 0 Å². The van der Waals surface area contributed by atoms with E-state index in [-0.39, 0.29) is 6.04 Å². The third kappa shape index (κ3) is 3.66. The van der Waals surface area contributed by atoms with E-state index >= 15 is 0 Å². The van der Waals surface area contributed by atoms with Gasteiger partial charge in [0.25, 0.3) is 0 Å². The van der Waals surface area contributed by atoms with Crippen LogP contribution in [0.3, 0.4) is 0 Å². The molecule has 0 spiro atoms. The average molecular weight is 357 g/mol. The predicted molar refractivity (Wildman–Crippen MR) is 87.5 cm³/mol. The lowest BCUT2D eigenvalue weighted by Gasteiger charge is -2.18. The van der Waals surface area contributed by atoms with Crippen molar-refractivity contribution < 1.29 is 4.42 Å². The van der Waals surface area contributed by atoms with Crippen LogP contribution in [0.2, 0.25) is 5.02 Å². The summed E-state index contributed by atoms with van der Waals surface area (Å²) in [5.41, 5.74) is 2.35. The molecule has 0 aliphatic rings. The highest BCUT2D eigenvalue weighted by molar-refractivity contribution is 9.10. The third-order valence-corrected chi connectivity index (χ3v) is 4.19. The zero-order chi connectivity index (χ0) is 14.7. The van der Waals surface area contributed by atoms with Crippen LogP contribution in [0.1, 0.15) is 35.6 Å². The minimum Gasteiger partial charge on any atom is -0.466 e. The van der Waals surface area contributed by atoms with Crippen molar-refractivity contribution in [2.24, 2.45) is 0 Å². The predicted octanol–water partition coefficient (Wildman–Crippen LogP) is 5.21. The Labute approximate surface area is 133 Å². The van der Waals surface area contributed by atoms with Gasteiger partial charge < -0.3 is 9.73 Å². The van der Waals surface area contributed by atoms with E-state index in [0.29, 0.717) is 0 Å². The van der Waals surface area contributed by atoms with Gasteiger partial charge in [0.15, 0.2) is 0 Å². The zero-order valence-electron chi connectivity index (χ0n) is 12.0. The Morgan fingerprint density at radius 2 is 2.05 bits per heavy atom. The van der Waals surface area contributed by atoms with E-state index in [4.69, 9.17) is 16.0 Å². The van der Waals surface area contributed by atoms with E-state index in [1.807, 2.05) is 26.0 Å². The minimum absolute atomic E-state index is 0.219. The van der Waals surface area contributed by atoms with Gasteiger partial charge in [-0.1, -0.05) is 40.5 Å². The van der Waals surface area contributed by atoms with E-state index in [1.165, 1.54) is 5.56 Å². The monoisotopic (exact) mass is 355 g/mol. The summed E-state index contributed by atoms with van der Waals surface area (Å²) < 4.78 is 6.65. The van der Waals surface area contributed by atoms with Gasteiger partial charge in [0.2, 0.25) is 0 Å². The van der Waals surface area contributed by atoms with Gasteiger partial charge in [0.1, 0.15) is 11.5 Å². The number of likely N-dealkylation sites (N-methyl/N-ethyl adjacent to an activating group) is 1. The Kier molecular flexibility index (Phi) is 5.30. The molecular formula is C16H19BrClNO. The van der Waals surface area contributed by atoms with Crippen LogP contribution >= 0.6 is 27.5 Å². The van der Waals surface area contributed by atoms with Gasteiger partial charge in [0.05, 0.1) is 0 Å². The maximum Gasteiger partial charge on any atom is 0.105 e. The number of nitrogens with one attached hydrogen (secondary N) is 1. The lowest BCUT2D eigenvalue weighted by Crippen LogP contribution is -2.23. The highest BCUT2D eigenvalue weighted by Crippen LogP contribution is 2.29. The number of halogens is 2. The quantitative estimate of drug-likeness (QED) is 0.796. The standard InChI is InChI=1S/C16H19BrClNO/c1-4-19-16(14-7-10(2)20-11(14)3)8-12-5-6-13(17)9-15(12)18/h5-7,9,16,19H,4,8H2,1-3H3. The van der Waals surface area contributed by atoms with Crippen LogP contribution in [0.15, 0.2) is 33.2 Å². The van der Waals surface area contributed by atoms with Crippen LogP contribution in [0.25, 0.3) is 0 Å². The molecule has 1 aromatic heterocycles. The fourth-order valence-corrected chi connectivity index (χ4v) is 3.19. The Hall–Kier alpha value is -0.770. The molecule has 0 amide bonds. The second-order valence-electron chi connectivity index (χ2n) is 4.92. The van der Waals surface area contributed by atoms with Gasteiger partial charge in [-0.15, -0.1) is 0 Å². The largest absolute Gasteiger partial charge is 0.466 e. The molecule has 2 nitrogen and oxygen atoms in total. The summed E-state index contributed by atoms with van der Waals surface area (Å²) in [4.78, 5) is 0. The molecule has 1 heterocycles. The van der Waals surface area contributed by atoms with E-state index in [2.05, 4.69) is 40.3 Å². The van der Waals surface area contributed by atoms with Gasteiger partial charge in [-0.2, -0.15) is 0 Å². The van der Waals surface area contributed by atoms with Crippen LogP contribution < -0.4 is 5.32 Å². The molecule has 0 fully saturated rings. The first-order chi connectivity index (χ1) is 9.51. The summed E-state index contributed by atoms with van der Waals surface area (Å²) in [7, 11) is 0. The summed E-state index contributed by atoms with van der Waals surface area (Å²) in [5.74, 6) is 1.92. The molecule has 1 N–H and O–H groups in total. The number of benzene rings is 1. The molecule has 108 valence electrons. The first kappa shape index (κ1) is 15.6. The Morgan fingerprint density at radius 3 is 2.60 bits per heavy atom. The normalized spacial score (nSPS) is 12.7. The number of furan rings is 1. The van der Waals surface area contributed by atoms with E-state index < -0.39 is 0 Å². The van der Waals surface area contributed by atoms with Crippen LogP contribution in [-0.2, 0) is 6.42 Å². The first-order valence-corrected chi connectivity index (χ1v) is 7.92. The average Bonchev–Trinajstić information content (AvgIpc) is 2.71. The van der Waals surface area contributed by atoms with Crippen molar-refractivity contribution in [3.05, 3.63) is 56.4 Å². The maximum atomic E-state index is 6.33. The fraction of sp³-hybridized carbons (Fsp3) is 0.375. The van der Waals surface area contributed by atoms with Gasteiger partial charge in [-0.3, -0.25) is 0 Å². The van der Waals surface area contributed by atoms with Gasteiger partial charge in [-0.05, 0) is 50.6 Å². The van der Waals surface area contributed by atoms with Crippen LogP contribution in [0, 0.1) is 13.8 Å². The number of hydrogen-bond acceptors (Lipinski definition) is 2. The van der Waals surface area contributed by atoms with E-state index in [1.54, 1.807) is 0 Å². The highest BCUT2D eigenvalue weighted by Gasteiger charge is 2.18. The second-order valence-corrected chi connectivity index (χ2v) is 6.24. The number of aryl methyl sites for hydroxylation is 2. The molecule has 0 saturated carbocycles. The van der Waals surface area contributed by atoms with Crippen LogP contribution in [0.4, 0.5) is 0 Å². The molecule has 1 atom stereocenters. The molecule has 2 aromatic rings. The SMILES string of the molecule is CCNC(Cc1ccc(Br)cc1Cl)c1cc(C)oc1C. The molecule has 20 heavy (non-hydrogen) atoms. The fourth-order valence-electron chi connectivity index (χ4n) is 2.44. The van der Waals surface area contributed by atoms with Gasteiger partial charge in [-0.25, -0.2) is 0 Å². The highest BCUT2D eigenvalue weighted by atomic mass is 79.9. The van der Waals surface area contributed by atoms with Crippen molar-refractivity contribution in [2.45, 2.75) is 33.2 Å². The van der Waals surface area contributed by atoms with Crippen molar-refractivity contribution in [1.82, 2.24) is 5.32 Å². The topological polar surface area (TPSA) is 25.2 Å². The summed E-state index contributed by atoms with van der Waals surface area (Å²) in [6.07, 6.45) is 0.847. The lowest BCUT2D eigenvalue weighted by atomic mass is 9.99. The maximum absolute atomic E-state index is 6.33. The Morgan fingerprint density at radius 1 is 1.30 bits per heavy atom. The molecule has 0 aliphatic carbocycles. The summed E-state index contributed by atoms with van der Waals surface area (Å²) in [6.45, 7) is 7.00. The van der Waals surface area contributed by atoms with Crippen molar-refractivity contribution >= 4 is 27.5 Å². The first-order valence-electron chi connectivity index (χ1n) is 6.75. The summed E-state index contributed by atoms with van der Waals surface area (Å²) in [6, 6.07) is 8.36.